The van der Waals surface area contributed by atoms with Crippen LogP contribution in [0.3, 0.4) is 0 Å². The Labute approximate surface area is 120 Å². The third kappa shape index (κ3) is 5.46. The van der Waals surface area contributed by atoms with Crippen LogP contribution in [0.25, 0.3) is 0 Å². The number of methoxy groups -OCH3 is 1. The highest BCUT2D eigenvalue weighted by Gasteiger charge is 2.14. The van der Waals surface area contributed by atoms with Gasteiger partial charge in [0.05, 0.1) is 11.5 Å². The molecule has 0 amide bonds. The average molecular weight is 302 g/mol. The molecule has 0 radical (unpaired) electrons. The SMILES string of the molecule is CNC(C)CNS(=O)(=O)c1ccc(OCCOC)cc1. The molecule has 0 aliphatic carbocycles. The van der Waals surface area contributed by atoms with Gasteiger partial charge in [-0.25, -0.2) is 13.1 Å². The van der Waals surface area contributed by atoms with Crippen molar-refractivity contribution in [3.8, 4) is 5.75 Å². The molecule has 2 N–H and O–H groups in total. The molecular weight excluding hydrogens is 280 g/mol. The van der Waals surface area contributed by atoms with Gasteiger partial charge in [0, 0.05) is 19.7 Å². The standard InChI is InChI=1S/C13H22N2O4S/c1-11(14-2)10-15-20(16,17)13-6-4-12(5-7-13)19-9-8-18-3/h4-7,11,14-15H,8-10H2,1-3H3. The normalized spacial score (nSPS) is 13.2. The van der Waals surface area contributed by atoms with E-state index in [9.17, 15) is 8.42 Å². The van der Waals surface area contributed by atoms with E-state index in [1.54, 1.807) is 26.3 Å². The Morgan fingerprint density at radius 1 is 1.20 bits per heavy atom. The van der Waals surface area contributed by atoms with Crippen molar-refractivity contribution in [1.29, 1.82) is 0 Å². The predicted octanol–water partition coefficient (Wildman–Crippen LogP) is 0.598. The minimum Gasteiger partial charge on any atom is -0.491 e. The van der Waals surface area contributed by atoms with Gasteiger partial charge in [0.25, 0.3) is 0 Å². The minimum atomic E-state index is -3.48. The molecule has 0 saturated heterocycles. The number of hydrogen-bond donors (Lipinski definition) is 2. The zero-order chi connectivity index (χ0) is 15.0. The van der Waals surface area contributed by atoms with E-state index in [4.69, 9.17) is 9.47 Å². The van der Waals surface area contributed by atoms with Crippen molar-refractivity contribution in [2.75, 3.05) is 33.9 Å². The van der Waals surface area contributed by atoms with Crippen LogP contribution in [-0.2, 0) is 14.8 Å². The monoisotopic (exact) mass is 302 g/mol. The lowest BCUT2D eigenvalue weighted by Crippen LogP contribution is -2.37. The highest BCUT2D eigenvalue weighted by molar-refractivity contribution is 7.89. The van der Waals surface area contributed by atoms with Gasteiger partial charge < -0.3 is 14.8 Å². The van der Waals surface area contributed by atoms with Gasteiger partial charge in [-0.3, -0.25) is 0 Å². The van der Waals surface area contributed by atoms with Crippen molar-refractivity contribution >= 4 is 10.0 Å². The van der Waals surface area contributed by atoms with E-state index >= 15 is 0 Å². The zero-order valence-corrected chi connectivity index (χ0v) is 12.9. The first kappa shape index (κ1) is 16.9. The second kappa shape index (κ2) is 8.21. The van der Waals surface area contributed by atoms with Crippen molar-refractivity contribution < 1.29 is 17.9 Å². The molecule has 114 valence electrons. The molecular formula is C13H22N2O4S. The van der Waals surface area contributed by atoms with Gasteiger partial charge in [-0.05, 0) is 38.2 Å². The van der Waals surface area contributed by atoms with Crippen LogP contribution >= 0.6 is 0 Å². The van der Waals surface area contributed by atoms with Crippen molar-refractivity contribution in [2.24, 2.45) is 0 Å². The van der Waals surface area contributed by atoms with Crippen LogP contribution in [0.4, 0.5) is 0 Å². The number of rotatable bonds is 9. The Morgan fingerprint density at radius 2 is 1.85 bits per heavy atom. The first-order valence-corrected chi connectivity index (χ1v) is 7.86. The van der Waals surface area contributed by atoms with Gasteiger partial charge in [-0.15, -0.1) is 0 Å². The molecule has 0 aliphatic heterocycles. The summed E-state index contributed by atoms with van der Waals surface area (Å²) in [5.41, 5.74) is 0. The fourth-order valence-electron chi connectivity index (χ4n) is 1.38. The van der Waals surface area contributed by atoms with Gasteiger partial charge in [0.2, 0.25) is 10.0 Å². The summed E-state index contributed by atoms with van der Waals surface area (Å²) in [4.78, 5) is 0.222. The van der Waals surface area contributed by atoms with Crippen LogP contribution in [0.1, 0.15) is 6.92 Å². The quantitative estimate of drug-likeness (QED) is 0.653. The van der Waals surface area contributed by atoms with Crippen molar-refractivity contribution in [2.45, 2.75) is 17.9 Å². The van der Waals surface area contributed by atoms with E-state index in [1.165, 1.54) is 12.1 Å². The Balaban J connectivity index is 2.62. The summed E-state index contributed by atoms with van der Waals surface area (Å²) in [6, 6.07) is 6.38. The van der Waals surface area contributed by atoms with E-state index in [0.29, 0.717) is 25.5 Å². The van der Waals surface area contributed by atoms with Crippen molar-refractivity contribution in [3.05, 3.63) is 24.3 Å². The van der Waals surface area contributed by atoms with Crippen LogP contribution in [0.2, 0.25) is 0 Å². The van der Waals surface area contributed by atoms with Crippen LogP contribution in [0.5, 0.6) is 5.75 Å². The van der Waals surface area contributed by atoms with Gasteiger partial charge >= 0.3 is 0 Å². The number of nitrogens with one attached hydrogen (secondary N) is 2. The molecule has 1 aromatic carbocycles. The van der Waals surface area contributed by atoms with E-state index < -0.39 is 10.0 Å². The molecule has 0 fully saturated rings. The molecule has 20 heavy (non-hydrogen) atoms. The summed E-state index contributed by atoms with van der Waals surface area (Å²) in [6.45, 7) is 3.16. The van der Waals surface area contributed by atoms with Crippen LogP contribution < -0.4 is 14.8 Å². The molecule has 6 nitrogen and oxygen atoms in total. The second-order valence-electron chi connectivity index (χ2n) is 4.35. The molecule has 0 aromatic heterocycles. The summed E-state index contributed by atoms with van der Waals surface area (Å²) < 4.78 is 36.8. The lowest BCUT2D eigenvalue weighted by Gasteiger charge is -2.12. The number of ether oxygens (including phenoxy) is 2. The third-order valence-electron chi connectivity index (χ3n) is 2.76. The van der Waals surface area contributed by atoms with E-state index in [2.05, 4.69) is 10.0 Å². The van der Waals surface area contributed by atoms with Crippen LogP contribution in [0.15, 0.2) is 29.2 Å². The van der Waals surface area contributed by atoms with Crippen LogP contribution in [-0.4, -0.2) is 48.4 Å². The van der Waals surface area contributed by atoms with E-state index in [-0.39, 0.29) is 10.9 Å². The van der Waals surface area contributed by atoms with Crippen LogP contribution in [0, 0.1) is 0 Å². The Kier molecular flexibility index (Phi) is 6.94. The molecule has 0 spiro atoms. The largest absolute Gasteiger partial charge is 0.491 e. The van der Waals surface area contributed by atoms with Gasteiger partial charge in [0.1, 0.15) is 12.4 Å². The molecule has 1 rings (SSSR count). The fourth-order valence-corrected chi connectivity index (χ4v) is 2.51. The number of benzene rings is 1. The maximum atomic E-state index is 12.0. The first-order chi connectivity index (χ1) is 9.49. The molecule has 7 heteroatoms. The summed E-state index contributed by atoms with van der Waals surface area (Å²) >= 11 is 0. The van der Waals surface area contributed by atoms with E-state index in [1.807, 2.05) is 6.92 Å². The molecule has 1 unspecified atom stereocenters. The molecule has 0 bridgehead atoms. The molecule has 1 atom stereocenters. The summed E-state index contributed by atoms with van der Waals surface area (Å²) in [5.74, 6) is 0.615. The Morgan fingerprint density at radius 3 is 2.40 bits per heavy atom. The summed E-state index contributed by atoms with van der Waals surface area (Å²) in [7, 11) is -0.101. The number of likely N-dealkylation sites (N-methyl/N-ethyl adjacent to an activating group) is 1. The zero-order valence-electron chi connectivity index (χ0n) is 12.0. The van der Waals surface area contributed by atoms with Gasteiger partial charge in [-0.2, -0.15) is 0 Å². The molecule has 1 aromatic rings. The third-order valence-corrected chi connectivity index (χ3v) is 4.20. The second-order valence-corrected chi connectivity index (χ2v) is 6.12. The van der Waals surface area contributed by atoms with Gasteiger partial charge in [-0.1, -0.05) is 0 Å². The lowest BCUT2D eigenvalue weighted by molar-refractivity contribution is 0.146. The smallest absolute Gasteiger partial charge is 0.240 e. The summed E-state index contributed by atoms with van der Waals surface area (Å²) in [5, 5.41) is 2.97. The maximum Gasteiger partial charge on any atom is 0.240 e. The average Bonchev–Trinajstić information content (AvgIpc) is 2.45. The van der Waals surface area contributed by atoms with Crippen molar-refractivity contribution in [1.82, 2.24) is 10.0 Å². The van der Waals surface area contributed by atoms with Gasteiger partial charge in [0.15, 0.2) is 0 Å². The van der Waals surface area contributed by atoms with E-state index in [0.717, 1.165) is 0 Å². The molecule has 0 heterocycles. The lowest BCUT2D eigenvalue weighted by atomic mass is 10.3. The van der Waals surface area contributed by atoms with Crippen molar-refractivity contribution in [3.63, 3.8) is 0 Å². The Bertz CT molecular complexity index is 488. The minimum absolute atomic E-state index is 0.0708. The maximum absolute atomic E-state index is 12.0. The number of sulfonamides is 1. The highest BCUT2D eigenvalue weighted by Crippen LogP contribution is 2.15. The summed E-state index contributed by atoms with van der Waals surface area (Å²) in [6.07, 6.45) is 0. The fraction of sp³-hybridized carbons (Fsp3) is 0.538. The predicted molar refractivity (Wildman–Crippen MR) is 77.5 cm³/mol. The highest BCUT2D eigenvalue weighted by atomic mass is 32.2. The first-order valence-electron chi connectivity index (χ1n) is 6.38. The molecule has 0 aliphatic rings. The number of hydrogen-bond acceptors (Lipinski definition) is 5. The topological polar surface area (TPSA) is 76.7 Å². The Hall–Kier alpha value is -1.15. The molecule has 0 saturated carbocycles.